The predicted molar refractivity (Wildman–Crippen MR) is 90.6 cm³/mol. The molecule has 0 fully saturated rings. The number of hydrogen-bond donors (Lipinski definition) is 1. The van der Waals surface area contributed by atoms with Gasteiger partial charge in [-0.25, -0.2) is 4.68 Å². The van der Waals surface area contributed by atoms with E-state index in [1.807, 2.05) is 35.0 Å². The lowest BCUT2D eigenvalue weighted by Gasteiger charge is -2.11. The fraction of sp³-hybridized carbons (Fsp3) is 0.176. The van der Waals surface area contributed by atoms with Crippen LogP contribution in [-0.4, -0.2) is 28.4 Å². The van der Waals surface area contributed by atoms with Crippen LogP contribution in [0.2, 0.25) is 5.02 Å². The molecule has 1 aromatic carbocycles. The van der Waals surface area contributed by atoms with E-state index in [2.05, 4.69) is 10.3 Å². The van der Waals surface area contributed by atoms with Crippen molar-refractivity contribution in [3.8, 4) is 22.7 Å². The summed E-state index contributed by atoms with van der Waals surface area (Å²) in [6, 6.07) is 9.47. The SMILES string of the molecule is COc1ccc(Cl)cc1-n1nc(-c2ccncc2)c2c1NCC2. The van der Waals surface area contributed by atoms with Gasteiger partial charge in [-0.1, -0.05) is 11.6 Å². The van der Waals surface area contributed by atoms with Crippen molar-refractivity contribution >= 4 is 17.4 Å². The number of halogens is 1. The molecule has 0 bridgehead atoms. The molecule has 1 N–H and O–H groups in total. The second-order valence-corrected chi connectivity index (χ2v) is 5.75. The number of rotatable bonds is 3. The van der Waals surface area contributed by atoms with Gasteiger partial charge in [0.2, 0.25) is 0 Å². The number of methoxy groups -OCH3 is 1. The van der Waals surface area contributed by atoms with Crippen LogP contribution >= 0.6 is 11.6 Å². The van der Waals surface area contributed by atoms with Crippen LogP contribution in [0.4, 0.5) is 5.82 Å². The van der Waals surface area contributed by atoms with E-state index in [-0.39, 0.29) is 0 Å². The molecule has 3 aromatic rings. The third kappa shape index (κ3) is 2.33. The fourth-order valence-corrected chi connectivity index (χ4v) is 3.09. The number of anilines is 1. The summed E-state index contributed by atoms with van der Waals surface area (Å²) in [4.78, 5) is 4.08. The Hall–Kier alpha value is -2.53. The van der Waals surface area contributed by atoms with Crippen molar-refractivity contribution in [3.05, 3.63) is 53.3 Å². The minimum absolute atomic E-state index is 0.647. The van der Waals surface area contributed by atoms with Crippen molar-refractivity contribution in [2.75, 3.05) is 19.0 Å². The molecule has 116 valence electrons. The lowest BCUT2D eigenvalue weighted by atomic mass is 10.1. The molecule has 0 atom stereocenters. The molecule has 2 aromatic heterocycles. The number of aromatic nitrogens is 3. The number of nitrogens with zero attached hydrogens (tertiary/aromatic N) is 3. The van der Waals surface area contributed by atoms with Crippen molar-refractivity contribution in [1.29, 1.82) is 0 Å². The van der Waals surface area contributed by atoms with Crippen molar-refractivity contribution < 1.29 is 4.74 Å². The second-order valence-electron chi connectivity index (χ2n) is 5.32. The van der Waals surface area contributed by atoms with E-state index in [1.54, 1.807) is 19.5 Å². The quantitative estimate of drug-likeness (QED) is 0.799. The third-order valence-electron chi connectivity index (χ3n) is 3.97. The molecule has 0 unspecified atom stereocenters. The summed E-state index contributed by atoms with van der Waals surface area (Å²) < 4.78 is 7.35. The highest BCUT2D eigenvalue weighted by Gasteiger charge is 2.25. The first-order chi connectivity index (χ1) is 11.3. The average Bonchev–Trinajstić information content (AvgIpc) is 3.18. The largest absolute Gasteiger partial charge is 0.494 e. The molecule has 0 radical (unpaired) electrons. The fourth-order valence-electron chi connectivity index (χ4n) is 2.92. The van der Waals surface area contributed by atoms with Crippen LogP contribution in [0, 0.1) is 0 Å². The van der Waals surface area contributed by atoms with Crippen LogP contribution < -0.4 is 10.1 Å². The summed E-state index contributed by atoms with van der Waals surface area (Å²) in [5.74, 6) is 1.73. The molecule has 3 heterocycles. The van der Waals surface area contributed by atoms with Crippen LogP contribution in [-0.2, 0) is 6.42 Å². The molecular formula is C17H15ClN4O. The highest BCUT2D eigenvalue weighted by molar-refractivity contribution is 6.30. The Labute approximate surface area is 138 Å². The summed E-state index contributed by atoms with van der Waals surface area (Å²) in [5.41, 5.74) is 4.05. The standard InChI is InChI=1S/C17H15ClN4O/c1-23-15-3-2-12(18)10-14(15)22-17-13(6-9-20-17)16(21-22)11-4-7-19-8-5-11/h2-5,7-8,10,20H,6,9H2,1H3. The molecule has 5 nitrogen and oxygen atoms in total. The molecule has 1 aliphatic rings. The average molecular weight is 327 g/mol. The van der Waals surface area contributed by atoms with E-state index in [1.165, 1.54) is 5.56 Å². The first-order valence-corrected chi connectivity index (χ1v) is 7.76. The summed E-state index contributed by atoms with van der Waals surface area (Å²) in [6.45, 7) is 0.897. The topological polar surface area (TPSA) is 52.0 Å². The lowest BCUT2D eigenvalue weighted by Crippen LogP contribution is -2.05. The van der Waals surface area contributed by atoms with Gasteiger partial charge in [-0.3, -0.25) is 4.98 Å². The van der Waals surface area contributed by atoms with Gasteiger partial charge in [-0.05, 0) is 36.8 Å². The van der Waals surface area contributed by atoms with Gasteiger partial charge in [-0.15, -0.1) is 0 Å². The highest BCUT2D eigenvalue weighted by atomic mass is 35.5. The monoisotopic (exact) mass is 326 g/mol. The molecule has 0 saturated heterocycles. The molecular weight excluding hydrogens is 312 g/mol. The van der Waals surface area contributed by atoms with E-state index in [4.69, 9.17) is 21.4 Å². The number of nitrogens with one attached hydrogen (secondary N) is 1. The zero-order valence-corrected chi connectivity index (χ0v) is 13.3. The number of hydrogen-bond acceptors (Lipinski definition) is 4. The summed E-state index contributed by atoms with van der Waals surface area (Å²) in [5, 5.41) is 8.87. The highest BCUT2D eigenvalue weighted by Crippen LogP contribution is 2.37. The van der Waals surface area contributed by atoms with Gasteiger partial charge in [-0.2, -0.15) is 5.10 Å². The van der Waals surface area contributed by atoms with Crippen LogP contribution in [0.1, 0.15) is 5.56 Å². The van der Waals surface area contributed by atoms with Crippen LogP contribution in [0.15, 0.2) is 42.7 Å². The van der Waals surface area contributed by atoms with Crippen molar-refractivity contribution in [2.24, 2.45) is 0 Å². The zero-order valence-electron chi connectivity index (χ0n) is 12.6. The van der Waals surface area contributed by atoms with E-state index < -0.39 is 0 Å². The van der Waals surface area contributed by atoms with Crippen molar-refractivity contribution in [2.45, 2.75) is 6.42 Å². The first-order valence-electron chi connectivity index (χ1n) is 7.38. The van der Waals surface area contributed by atoms with Gasteiger partial charge in [0.15, 0.2) is 0 Å². The number of fused-ring (bicyclic) bond motifs is 1. The maximum atomic E-state index is 6.17. The smallest absolute Gasteiger partial charge is 0.144 e. The molecule has 23 heavy (non-hydrogen) atoms. The lowest BCUT2D eigenvalue weighted by molar-refractivity contribution is 0.412. The van der Waals surface area contributed by atoms with Crippen LogP contribution in [0.3, 0.4) is 0 Å². The van der Waals surface area contributed by atoms with E-state index in [9.17, 15) is 0 Å². The van der Waals surface area contributed by atoms with Crippen molar-refractivity contribution in [1.82, 2.24) is 14.8 Å². The Balaban J connectivity index is 1.93. The van der Waals surface area contributed by atoms with Gasteiger partial charge in [0, 0.05) is 35.1 Å². The Kier molecular flexibility index (Phi) is 3.42. The first kappa shape index (κ1) is 14.1. The van der Waals surface area contributed by atoms with Gasteiger partial charge in [0.25, 0.3) is 0 Å². The maximum absolute atomic E-state index is 6.17. The molecule has 1 aliphatic heterocycles. The molecule has 0 spiro atoms. The Bertz CT molecular complexity index is 861. The number of benzene rings is 1. The van der Waals surface area contributed by atoms with E-state index in [0.717, 1.165) is 41.5 Å². The Morgan fingerprint density at radius 2 is 2.04 bits per heavy atom. The predicted octanol–water partition coefficient (Wildman–Crippen LogP) is 3.56. The van der Waals surface area contributed by atoms with E-state index >= 15 is 0 Å². The Morgan fingerprint density at radius 1 is 1.22 bits per heavy atom. The Morgan fingerprint density at radius 3 is 2.83 bits per heavy atom. The van der Waals surface area contributed by atoms with E-state index in [0.29, 0.717) is 5.02 Å². The molecule has 0 saturated carbocycles. The van der Waals surface area contributed by atoms with Gasteiger partial charge in [0.05, 0.1) is 12.8 Å². The van der Waals surface area contributed by atoms with Gasteiger partial charge >= 0.3 is 0 Å². The molecule has 0 aliphatic carbocycles. The summed E-state index contributed by atoms with van der Waals surface area (Å²) in [6.07, 6.45) is 4.50. The zero-order chi connectivity index (χ0) is 15.8. The summed E-state index contributed by atoms with van der Waals surface area (Å²) >= 11 is 6.17. The number of pyridine rings is 1. The minimum Gasteiger partial charge on any atom is -0.494 e. The second kappa shape index (κ2) is 5.59. The number of ether oxygens (including phenoxy) is 1. The molecule has 4 rings (SSSR count). The maximum Gasteiger partial charge on any atom is 0.144 e. The molecule has 6 heteroatoms. The minimum atomic E-state index is 0.647. The van der Waals surface area contributed by atoms with Crippen molar-refractivity contribution in [3.63, 3.8) is 0 Å². The summed E-state index contributed by atoms with van der Waals surface area (Å²) in [7, 11) is 1.65. The third-order valence-corrected chi connectivity index (χ3v) is 4.21. The van der Waals surface area contributed by atoms with Crippen LogP contribution in [0.5, 0.6) is 5.75 Å². The van der Waals surface area contributed by atoms with Crippen LogP contribution in [0.25, 0.3) is 16.9 Å². The van der Waals surface area contributed by atoms with Gasteiger partial charge < -0.3 is 10.1 Å². The molecule has 0 amide bonds. The van der Waals surface area contributed by atoms with Gasteiger partial charge in [0.1, 0.15) is 17.3 Å². The normalized spacial score (nSPS) is 12.8.